The van der Waals surface area contributed by atoms with E-state index in [1.807, 2.05) is 0 Å². The highest BCUT2D eigenvalue weighted by Gasteiger charge is 2.07. The minimum atomic E-state index is -0.209. The number of ether oxygens (including phenoxy) is 1. The molecule has 16 heavy (non-hydrogen) atoms. The summed E-state index contributed by atoms with van der Waals surface area (Å²) in [5, 5.41) is 0.145. The van der Waals surface area contributed by atoms with Crippen LogP contribution in [0, 0.1) is 5.82 Å². The highest BCUT2D eigenvalue weighted by molar-refractivity contribution is 6.20. The molecule has 0 saturated carbocycles. The van der Waals surface area contributed by atoms with Crippen molar-refractivity contribution in [3.05, 3.63) is 29.6 Å². The van der Waals surface area contributed by atoms with Gasteiger partial charge in [-0.15, -0.1) is 11.6 Å². The second-order valence-electron chi connectivity index (χ2n) is 3.88. The fourth-order valence-electron chi connectivity index (χ4n) is 1.63. The number of aryl methyl sites for hydroxylation is 1. The molecule has 0 amide bonds. The van der Waals surface area contributed by atoms with Gasteiger partial charge in [0.2, 0.25) is 0 Å². The molecule has 1 aromatic carbocycles. The molecule has 0 aliphatic carbocycles. The van der Waals surface area contributed by atoms with Crippen LogP contribution in [0.3, 0.4) is 0 Å². The van der Waals surface area contributed by atoms with Gasteiger partial charge in [-0.3, -0.25) is 0 Å². The fraction of sp³-hybridized carbons (Fsp3) is 0.538. The largest absolute Gasteiger partial charge is 0.497 e. The van der Waals surface area contributed by atoms with Gasteiger partial charge in [0.25, 0.3) is 0 Å². The first-order valence-corrected chi connectivity index (χ1v) is 6.07. The van der Waals surface area contributed by atoms with E-state index in [0.717, 1.165) is 19.3 Å². The highest BCUT2D eigenvalue weighted by Crippen LogP contribution is 2.20. The first-order chi connectivity index (χ1) is 7.67. The van der Waals surface area contributed by atoms with E-state index in [1.54, 1.807) is 12.1 Å². The van der Waals surface area contributed by atoms with Crippen LogP contribution in [-0.4, -0.2) is 12.5 Å². The Morgan fingerprint density at radius 1 is 1.38 bits per heavy atom. The predicted octanol–water partition coefficient (Wildman–Crippen LogP) is 4.17. The van der Waals surface area contributed by atoms with E-state index in [-0.39, 0.29) is 11.2 Å². The molecule has 1 atom stereocenters. The summed E-state index contributed by atoms with van der Waals surface area (Å²) in [7, 11) is 1.53. The molecule has 1 unspecified atom stereocenters. The molecule has 0 radical (unpaired) electrons. The number of hydrogen-bond donors (Lipinski definition) is 0. The van der Waals surface area contributed by atoms with Crippen molar-refractivity contribution in [2.24, 2.45) is 0 Å². The summed E-state index contributed by atoms with van der Waals surface area (Å²) in [5.41, 5.74) is 0.711. The second-order valence-corrected chi connectivity index (χ2v) is 4.50. The smallest absolute Gasteiger partial charge is 0.130 e. The molecule has 0 aliphatic heterocycles. The van der Waals surface area contributed by atoms with E-state index in [0.29, 0.717) is 17.7 Å². The molecular formula is C13H18ClFO. The molecule has 1 rings (SSSR count). The summed E-state index contributed by atoms with van der Waals surface area (Å²) in [6.07, 6.45) is 3.56. The Hall–Kier alpha value is -0.760. The van der Waals surface area contributed by atoms with E-state index in [4.69, 9.17) is 16.3 Å². The predicted molar refractivity (Wildman–Crippen MR) is 65.8 cm³/mol. The average Bonchev–Trinajstić information content (AvgIpc) is 2.27. The molecule has 0 saturated heterocycles. The van der Waals surface area contributed by atoms with Crippen molar-refractivity contribution < 1.29 is 9.13 Å². The molecule has 0 N–H and O–H groups in total. The lowest BCUT2D eigenvalue weighted by Gasteiger charge is -2.09. The van der Waals surface area contributed by atoms with Gasteiger partial charge >= 0.3 is 0 Å². The third-order valence-electron chi connectivity index (χ3n) is 2.59. The summed E-state index contributed by atoms with van der Waals surface area (Å²) >= 11 is 6.09. The van der Waals surface area contributed by atoms with E-state index in [2.05, 4.69) is 6.92 Å². The Morgan fingerprint density at radius 3 is 2.69 bits per heavy atom. The van der Waals surface area contributed by atoms with Crippen LogP contribution < -0.4 is 4.74 Å². The van der Waals surface area contributed by atoms with Gasteiger partial charge in [-0.1, -0.05) is 19.4 Å². The molecule has 1 nitrogen and oxygen atoms in total. The lowest BCUT2D eigenvalue weighted by molar-refractivity contribution is 0.410. The minimum Gasteiger partial charge on any atom is -0.497 e. The van der Waals surface area contributed by atoms with Crippen LogP contribution in [0.15, 0.2) is 18.2 Å². The van der Waals surface area contributed by atoms with Crippen molar-refractivity contribution in [1.29, 1.82) is 0 Å². The number of hydrogen-bond acceptors (Lipinski definition) is 1. The second kappa shape index (κ2) is 6.74. The maximum absolute atomic E-state index is 13.6. The average molecular weight is 245 g/mol. The van der Waals surface area contributed by atoms with Gasteiger partial charge in [-0.2, -0.15) is 0 Å². The van der Waals surface area contributed by atoms with Gasteiger partial charge in [0.1, 0.15) is 11.6 Å². The van der Waals surface area contributed by atoms with Gasteiger partial charge in [-0.05, 0) is 30.9 Å². The molecule has 0 aromatic heterocycles. The Balaban J connectivity index is 2.54. The first-order valence-electron chi connectivity index (χ1n) is 5.63. The first kappa shape index (κ1) is 13.3. The van der Waals surface area contributed by atoms with Crippen molar-refractivity contribution in [1.82, 2.24) is 0 Å². The monoisotopic (exact) mass is 244 g/mol. The van der Waals surface area contributed by atoms with Crippen molar-refractivity contribution >= 4 is 11.6 Å². The lowest BCUT2D eigenvalue weighted by atomic mass is 10.1. The van der Waals surface area contributed by atoms with Crippen molar-refractivity contribution in [3.8, 4) is 5.75 Å². The van der Waals surface area contributed by atoms with Crippen LogP contribution >= 0.6 is 11.6 Å². The Bertz CT molecular complexity index is 328. The lowest BCUT2D eigenvalue weighted by Crippen LogP contribution is -2.01. The number of methoxy groups -OCH3 is 1. The van der Waals surface area contributed by atoms with E-state index in [1.165, 1.54) is 13.2 Å². The maximum atomic E-state index is 13.6. The van der Waals surface area contributed by atoms with Crippen molar-refractivity contribution in [3.63, 3.8) is 0 Å². The van der Waals surface area contributed by atoms with Crippen LogP contribution in [0.1, 0.15) is 31.7 Å². The zero-order valence-electron chi connectivity index (χ0n) is 9.80. The van der Waals surface area contributed by atoms with Crippen LogP contribution in [-0.2, 0) is 6.42 Å². The Labute approximate surface area is 102 Å². The molecule has 3 heteroatoms. The molecular weight excluding hydrogens is 227 g/mol. The van der Waals surface area contributed by atoms with Crippen molar-refractivity contribution in [2.75, 3.05) is 7.11 Å². The van der Waals surface area contributed by atoms with Gasteiger partial charge in [0.05, 0.1) is 7.11 Å². The molecule has 0 aliphatic rings. The standard InChI is InChI=1S/C13H18ClFO/c1-3-4-11(14)7-5-10-6-8-12(16-2)9-13(10)15/h6,8-9,11H,3-5,7H2,1-2H3. The van der Waals surface area contributed by atoms with Gasteiger partial charge < -0.3 is 4.74 Å². The Morgan fingerprint density at radius 2 is 2.12 bits per heavy atom. The van der Waals surface area contributed by atoms with E-state index >= 15 is 0 Å². The van der Waals surface area contributed by atoms with Crippen molar-refractivity contribution in [2.45, 2.75) is 38.0 Å². The molecule has 0 fully saturated rings. The Kier molecular flexibility index (Phi) is 5.61. The molecule has 0 bridgehead atoms. The summed E-state index contributed by atoms with van der Waals surface area (Å²) in [5.74, 6) is 0.344. The zero-order valence-corrected chi connectivity index (χ0v) is 10.6. The SMILES string of the molecule is CCCC(Cl)CCc1ccc(OC)cc1F. The highest BCUT2D eigenvalue weighted by atomic mass is 35.5. The molecule has 90 valence electrons. The van der Waals surface area contributed by atoms with E-state index in [9.17, 15) is 4.39 Å². The summed E-state index contributed by atoms with van der Waals surface area (Å²) in [6.45, 7) is 2.10. The fourth-order valence-corrected chi connectivity index (χ4v) is 1.95. The van der Waals surface area contributed by atoms with Crippen LogP contribution in [0.25, 0.3) is 0 Å². The summed E-state index contributed by atoms with van der Waals surface area (Å²) < 4.78 is 18.5. The third kappa shape index (κ3) is 4.01. The normalized spacial score (nSPS) is 12.5. The van der Waals surface area contributed by atoms with Crippen LogP contribution in [0.2, 0.25) is 0 Å². The van der Waals surface area contributed by atoms with Crippen LogP contribution in [0.5, 0.6) is 5.75 Å². The topological polar surface area (TPSA) is 9.23 Å². The molecule has 0 spiro atoms. The van der Waals surface area contributed by atoms with Gasteiger partial charge in [0, 0.05) is 11.4 Å². The number of alkyl halides is 1. The van der Waals surface area contributed by atoms with Crippen LogP contribution in [0.4, 0.5) is 4.39 Å². The van der Waals surface area contributed by atoms with Gasteiger partial charge in [-0.25, -0.2) is 4.39 Å². The summed E-state index contributed by atoms with van der Waals surface area (Å²) in [4.78, 5) is 0. The summed E-state index contributed by atoms with van der Waals surface area (Å²) in [6, 6.07) is 4.96. The number of benzene rings is 1. The minimum absolute atomic E-state index is 0.145. The third-order valence-corrected chi connectivity index (χ3v) is 3.03. The molecule has 0 heterocycles. The number of halogens is 2. The quantitative estimate of drug-likeness (QED) is 0.683. The maximum Gasteiger partial charge on any atom is 0.130 e. The zero-order chi connectivity index (χ0) is 12.0. The van der Waals surface area contributed by atoms with Gasteiger partial charge in [0.15, 0.2) is 0 Å². The molecule has 1 aromatic rings. The van der Waals surface area contributed by atoms with E-state index < -0.39 is 0 Å². The number of rotatable bonds is 6.